The molecule has 0 aromatic carbocycles. The minimum absolute atomic E-state index is 0.110. The summed E-state index contributed by atoms with van der Waals surface area (Å²) in [5, 5.41) is 0. The van der Waals surface area contributed by atoms with Gasteiger partial charge >= 0.3 is 17.9 Å². The quantitative estimate of drug-likeness (QED) is 0.0199. The molecule has 0 N–H and O–H groups in total. The summed E-state index contributed by atoms with van der Waals surface area (Å²) < 4.78 is 16.8. The number of hydrogen-bond acceptors (Lipinski definition) is 6. The molecule has 0 aliphatic rings. The molecule has 1 atom stereocenters. The average molecular weight is 1040 g/mol. The molecule has 0 rings (SSSR count). The average Bonchev–Trinajstić information content (AvgIpc) is 3.41. The highest BCUT2D eigenvalue weighted by molar-refractivity contribution is 5.71. The molecule has 6 nitrogen and oxygen atoms in total. The zero-order valence-electron chi connectivity index (χ0n) is 48.3. The molecular formula is C69H110O6. The fourth-order valence-electron chi connectivity index (χ4n) is 8.04. The summed E-state index contributed by atoms with van der Waals surface area (Å²) in [6.07, 6.45) is 88.4. The van der Waals surface area contributed by atoms with Crippen LogP contribution in [0.15, 0.2) is 146 Å². The third-order valence-corrected chi connectivity index (χ3v) is 12.5. The monoisotopic (exact) mass is 1030 g/mol. The van der Waals surface area contributed by atoms with Crippen molar-refractivity contribution in [3.05, 3.63) is 146 Å². The molecule has 6 heteroatoms. The Kier molecular flexibility index (Phi) is 58.0. The molecule has 422 valence electrons. The Hall–Kier alpha value is -4.71. The lowest BCUT2D eigenvalue weighted by molar-refractivity contribution is -0.167. The van der Waals surface area contributed by atoms with Crippen molar-refractivity contribution < 1.29 is 28.6 Å². The lowest BCUT2D eigenvalue weighted by Crippen LogP contribution is -2.30. The lowest BCUT2D eigenvalue weighted by atomic mass is 10.0. The van der Waals surface area contributed by atoms with E-state index in [0.29, 0.717) is 19.3 Å². The van der Waals surface area contributed by atoms with E-state index < -0.39 is 6.10 Å². The highest BCUT2D eigenvalue weighted by atomic mass is 16.6. The Bertz CT molecular complexity index is 1660. The first kappa shape index (κ1) is 70.3. The number of carbonyl (C=O) groups excluding carboxylic acids is 3. The fourth-order valence-corrected chi connectivity index (χ4v) is 8.04. The number of ether oxygens (including phenoxy) is 3. The number of hydrogen-bond donors (Lipinski definition) is 0. The largest absolute Gasteiger partial charge is 0.462 e. The van der Waals surface area contributed by atoms with Crippen LogP contribution in [-0.2, 0) is 28.6 Å². The second-order valence-electron chi connectivity index (χ2n) is 19.7. The molecule has 0 amide bonds. The van der Waals surface area contributed by atoms with Gasteiger partial charge in [-0.25, -0.2) is 0 Å². The number of esters is 3. The zero-order chi connectivity index (χ0) is 54.3. The maximum absolute atomic E-state index is 12.9. The van der Waals surface area contributed by atoms with Crippen molar-refractivity contribution in [3.63, 3.8) is 0 Å². The van der Waals surface area contributed by atoms with Crippen LogP contribution in [-0.4, -0.2) is 37.2 Å². The van der Waals surface area contributed by atoms with Gasteiger partial charge in [0.1, 0.15) is 13.2 Å². The van der Waals surface area contributed by atoms with Crippen molar-refractivity contribution in [3.8, 4) is 0 Å². The van der Waals surface area contributed by atoms with Crippen LogP contribution in [0.3, 0.4) is 0 Å². The van der Waals surface area contributed by atoms with E-state index in [0.717, 1.165) is 103 Å². The van der Waals surface area contributed by atoms with Crippen molar-refractivity contribution >= 4 is 17.9 Å². The van der Waals surface area contributed by atoms with Crippen LogP contribution in [0.25, 0.3) is 0 Å². The first-order chi connectivity index (χ1) is 37.0. The molecule has 1 unspecified atom stereocenters. The van der Waals surface area contributed by atoms with Gasteiger partial charge < -0.3 is 14.2 Å². The van der Waals surface area contributed by atoms with Gasteiger partial charge in [0.2, 0.25) is 0 Å². The normalized spacial score (nSPS) is 13.2. The Balaban J connectivity index is 4.55. The Labute approximate surface area is 461 Å². The minimum atomic E-state index is -0.821. The predicted octanol–water partition coefficient (Wildman–Crippen LogP) is 20.8. The highest BCUT2D eigenvalue weighted by Gasteiger charge is 2.19. The van der Waals surface area contributed by atoms with E-state index in [2.05, 4.69) is 93.7 Å². The molecule has 0 saturated heterocycles. The second-order valence-corrected chi connectivity index (χ2v) is 19.7. The zero-order valence-corrected chi connectivity index (χ0v) is 48.3. The van der Waals surface area contributed by atoms with Crippen LogP contribution in [0.1, 0.15) is 252 Å². The molecule has 0 aromatic rings. The minimum Gasteiger partial charge on any atom is -0.462 e. The summed E-state index contributed by atoms with van der Waals surface area (Å²) in [5.74, 6) is -0.989. The van der Waals surface area contributed by atoms with E-state index in [1.54, 1.807) is 0 Å². The molecule has 0 radical (unpaired) electrons. The van der Waals surface area contributed by atoms with E-state index in [9.17, 15) is 14.4 Å². The van der Waals surface area contributed by atoms with Crippen molar-refractivity contribution in [1.82, 2.24) is 0 Å². The number of rotatable bonds is 53. The van der Waals surface area contributed by atoms with Crippen LogP contribution in [0.2, 0.25) is 0 Å². The van der Waals surface area contributed by atoms with Gasteiger partial charge in [-0.1, -0.05) is 295 Å². The van der Waals surface area contributed by atoms with Gasteiger partial charge in [-0.2, -0.15) is 0 Å². The molecule has 0 saturated carbocycles. The van der Waals surface area contributed by atoms with E-state index in [1.807, 2.05) is 72.9 Å². The van der Waals surface area contributed by atoms with Gasteiger partial charge in [0.05, 0.1) is 0 Å². The molecule has 0 heterocycles. The third-order valence-electron chi connectivity index (χ3n) is 12.5. The summed E-state index contributed by atoms with van der Waals surface area (Å²) in [5.41, 5.74) is 0. The van der Waals surface area contributed by atoms with Crippen LogP contribution < -0.4 is 0 Å². The van der Waals surface area contributed by atoms with E-state index in [4.69, 9.17) is 14.2 Å². The molecule has 0 fully saturated rings. The fraction of sp³-hybridized carbons (Fsp3) is 0.609. The van der Waals surface area contributed by atoms with Crippen molar-refractivity contribution in [1.29, 1.82) is 0 Å². The van der Waals surface area contributed by atoms with Crippen molar-refractivity contribution in [2.75, 3.05) is 13.2 Å². The van der Waals surface area contributed by atoms with Crippen molar-refractivity contribution in [2.45, 2.75) is 258 Å². The second kappa shape index (κ2) is 61.8. The molecule has 0 bridgehead atoms. The molecule has 0 aliphatic heterocycles. The van der Waals surface area contributed by atoms with Gasteiger partial charge in [0.25, 0.3) is 0 Å². The van der Waals surface area contributed by atoms with Crippen LogP contribution in [0.5, 0.6) is 0 Å². The maximum Gasteiger partial charge on any atom is 0.306 e. The van der Waals surface area contributed by atoms with Crippen LogP contribution in [0.4, 0.5) is 0 Å². The van der Waals surface area contributed by atoms with Gasteiger partial charge in [0.15, 0.2) is 6.10 Å². The first-order valence-corrected chi connectivity index (χ1v) is 30.4. The molecule has 0 aromatic heterocycles. The molecule has 0 aliphatic carbocycles. The Morgan fingerprint density at radius 2 is 0.587 bits per heavy atom. The number of unbranched alkanes of at least 4 members (excludes halogenated alkanes) is 24. The third kappa shape index (κ3) is 60.0. The smallest absolute Gasteiger partial charge is 0.306 e. The molecule has 75 heavy (non-hydrogen) atoms. The van der Waals surface area contributed by atoms with Gasteiger partial charge in [-0.3, -0.25) is 14.4 Å². The van der Waals surface area contributed by atoms with Gasteiger partial charge in [-0.05, 0) is 83.5 Å². The predicted molar refractivity (Wildman–Crippen MR) is 325 cm³/mol. The summed E-state index contributed by atoms with van der Waals surface area (Å²) in [4.78, 5) is 38.3. The standard InChI is InChI=1S/C69H110O6/c1-4-7-10-13-16-19-22-25-28-31-34-37-40-43-46-49-52-55-58-61-67(70)73-64-66(75-69(72)63-60-57-54-51-48-45-42-39-36-33-30-27-24-21-18-15-12-9-6-3)65-74-68(71)62-59-56-53-50-47-44-41-38-35-32-29-26-23-20-17-14-11-8-5-2/h7,9-10,12-13,16,18-19,21-22,25,27-28,30-31,34,36-37,39-40,43,45-46,48,66H,4-6,8,11,14-15,17,20,23-24,26,29,32-33,35,38,41-42,44,47,49-65H2,1-3H3/b10-7-,12-9-,16-13-,21-18-,22-19-,28-25-,30-27-,34-31+,39-36-,40-37-,46-43-,48-45-. The maximum atomic E-state index is 12.9. The topological polar surface area (TPSA) is 78.9 Å². The first-order valence-electron chi connectivity index (χ1n) is 30.4. The summed E-state index contributed by atoms with van der Waals surface area (Å²) in [6, 6.07) is 0. The van der Waals surface area contributed by atoms with E-state index in [-0.39, 0.29) is 37.5 Å². The van der Waals surface area contributed by atoms with Gasteiger partial charge in [-0.15, -0.1) is 0 Å². The van der Waals surface area contributed by atoms with Crippen LogP contribution in [0, 0.1) is 0 Å². The summed E-state index contributed by atoms with van der Waals surface area (Å²) in [7, 11) is 0. The molecule has 0 spiro atoms. The van der Waals surface area contributed by atoms with Crippen LogP contribution >= 0.6 is 0 Å². The summed E-state index contributed by atoms with van der Waals surface area (Å²) >= 11 is 0. The van der Waals surface area contributed by atoms with E-state index in [1.165, 1.54) is 103 Å². The summed E-state index contributed by atoms with van der Waals surface area (Å²) in [6.45, 7) is 6.32. The number of carbonyl (C=O) groups is 3. The highest BCUT2D eigenvalue weighted by Crippen LogP contribution is 2.16. The molecular weight excluding hydrogens is 925 g/mol. The Morgan fingerprint density at radius 1 is 0.293 bits per heavy atom. The van der Waals surface area contributed by atoms with Crippen molar-refractivity contribution in [2.24, 2.45) is 0 Å². The lowest BCUT2D eigenvalue weighted by Gasteiger charge is -2.18. The Morgan fingerprint density at radius 3 is 0.973 bits per heavy atom. The number of allylic oxidation sites excluding steroid dienone is 24. The van der Waals surface area contributed by atoms with Gasteiger partial charge in [0, 0.05) is 19.3 Å². The SMILES string of the molecule is CC\C=C/C=C\C=C/C=C\C=C\C=C/C=C\CCCCCC(=O)OCC(COC(=O)CCCCCCCCCCCCCCCCCCCCC)OC(=O)CCCCC/C=C\C/C=C\C/C=C\C/C=C\C/C=C\CC. The van der Waals surface area contributed by atoms with E-state index >= 15 is 0 Å².